The fourth-order valence-corrected chi connectivity index (χ4v) is 3.05. The second kappa shape index (κ2) is 8.50. The van der Waals surface area contributed by atoms with Gasteiger partial charge >= 0.3 is 0 Å². The third-order valence-electron chi connectivity index (χ3n) is 3.63. The minimum Gasteiger partial charge on any atom is -0.497 e. The SMILES string of the molecule is COc1ccc(-c2csc(NC(=O)COc3ccccc3F)n2)c(OC)c1. The Labute approximate surface area is 159 Å². The Hall–Kier alpha value is -3.13. The highest BCUT2D eigenvalue weighted by molar-refractivity contribution is 7.14. The largest absolute Gasteiger partial charge is 0.497 e. The zero-order valence-corrected chi connectivity index (χ0v) is 15.5. The molecule has 0 saturated carbocycles. The van der Waals surface area contributed by atoms with Crippen molar-refractivity contribution in [1.82, 2.24) is 4.98 Å². The van der Waals surface area contributed by atoms with E-state index in [1.807, 2.05) is 6.07 Å². The molecule has 0 fully saturated rings. The average molecular weight is 388 g/mol. The maximum atomic E-state index is 13.5. The van der Waals surface area contributed by atoms with Gasteiger partial charge in [-0.05, 0) is 24.3 Å². The number of para-hydroxylation sites is 1. The van der Waals surface area contributed by atoms with E-state index in [4.69, 9.17) is 14.2 Å². The molecule has 3 rings (SSSR count). The van der Waals surface area contributed by atoms with Gasteiger partial charge < -0.3 is 14.2 Å². The van der Waals surface area contributed by atoms with Crippen molar-refractivity contribution in [2.24, 2.45) is 0 Å². The number of hydrogen-bond acceptors (Lipinski definition) is 6. The molecule has 0 spiro atoms. The Kier molecular flexibility index (Phi) is 5.87. The summed E-state index contributed by atoms with van der Waals surface area (Å²) in [5.74, 6) is 0.356. The minimum atomic E-state index is -0.520. The van der Waals surface area contributed by atoms with Gasteiger partial charge in [0.1, 0.15) is 11.5 Å². The van der Waals surface area contributed by atoms with Gasteiger partial charge in [-0.1, -0.05) is 12.1 Å². The molecular weight excluding hydrogens is 371 g/mol. The van der Waals surface area contributed by atoms with Gasteiger partial charge in [-0.3, -0.25) is 10.1 Å². The van der Waals surface area contributed by atoms with Crippen LogP contribution in [0.4, 0.5) is 9.52 Å². The number of aromatic nitrogens is 1. The normalized spacial score (nSPS) is 10.3. The fourth-order valence-electron chi connectivity index (χ4n) is 2.33. The van der Waals surface area contributed by atoms with Crippen LogP contribution in [-0.2, 0) is 4.79 Å². The molecule has 0 aliphatic rings. The Morgan fingerprint density at radius 2 is 1.96 bits per heavy atom. The summed E-state index contributed by atoms with van der Waals surface area (Å²) < 4.78 is 29.2. The second-order valence-corrected chi connectivity index (χ2v) is 6.23. The predicted molar refractivity (Wildman–Crippen MR) is 101 cm³/mol. The molecule has 2 aromatic carbocycles. The topological polar surface area (TPSA) is 69.7 Å². The highest BCUT2D eigenvalue weighted by Gasteiger charge is 2.13. The van der Waals surface area contributed by atoms with Crippen LogP contribution in [0.15, 0.2) is 47.8 Å². The molecule has 1 N–H and O–H groups in total. The molecule has 0 aliphatic carbocycles. The summed E-state index contributed by atoms with van der Waals surface area (Å²) in [4.78, 5) is 16.4. The molecule has 8 heteroatoms. The summed E-state index contributed by atoms with van der Waals surface area (Å²) in [6.45, 7) is -0.318. The van der Waals surface area contributed by atoms with Crippen molar-refractivity contribution < 1.29 is 23.4 Å². The number of hydrogen-bond donors (Lipinski definition) is 1. The van der Waals surface area contributed by atoms with Gasteiger partial charge in [-0.25, -0.2) is 9.37 Å². The Morgan fingerprint density at radius 1 is 1.15 bits per heavy atom. The van der Waals surface area contributed by atoms with Crippen LogP contribution in [0.5, 0.6) is 17.2 Å². The number of carbonyl (C=O) groups is 1. The first kappa shape index (κ1) is 18.7. The number of nitrogens with one attached hydrogen (secondary N) is 1. The average Bonchev–Trinajstić information content (AvgIpc) is 3.15. The molecule has 0 bridgehead atoms. The molecule has 6 nitrogen and oxygen atoms in total. The predicted octanol–water partition coefficient (Wildman–Crippen LogP) is 3.98. The summed E-state index contributed by atoms with van der Waals surface area (Å²) in [5, 5.41) is 4.85. The maximum Gasteiger partial charge on any atom is 0.264 e. The standard InChI is InChI=1S/C19H17FN2O4S/c1-24-12-7-8-13(17(9-12)25-2)15-11-27-19(21-15)22-18(23)10-26-16-6-4-3-5-14(16)20/h3-9,11H,10H2,1-2H3,(H,21,22,23). The zero-order valence-electron chi connectivity index (χ0n) is 14.7. The van der Waals surface area contributed by atoms with Gasteiger partial charge in [0, 0.05) is 17.0 Å². The number of thiazole rings is 1. The summed E-state index contributed by atoms with van der Waals surface area (Å²) >= 11 is 1.27. The van der Waals surface area contributed by atoms with E-state index >= 15 is 0 Å². The van der Waals surface area contributed by atoms with Crippen molar-refractivity contribution in [3.05, 3.63) is 53.7 Å². The molecule has 140 valence electrons. The molecule has 1 heterocycles. The summed E-state index contributed by atoms with van der Waals surface area (Å²) in [6, 6.07) is 11.3. The monoisotopic (exact) mass is 388 g/mol. The lowest BCUT2D eigenvalue weighted by Gasteiger charge is -2.08. The zero-order chi connectivity index (χ0) is 19.2. The van der Waals surface area contributed by atoms with E-state index in [2.05, 4.69) is 10.3 Å². The van der Waals surface area contributed by atoms with E-state index < -0.39 is 11.7 Å². The number of benzene rings is 2. The summed E-state index contributed by atoms with van der Waals surface area (Å²) in [5.41, 5.74) is 1.43. The molecule has 0 atom stereocenters. The lowest BCUT2D eigenvalue weighted by Crippen LogP contribution is -2.20. The van der Waals surface area contributed by atoms with E-state index in [0.29, 0.717) is 22.3 Å². The van der Waals surface area contributed by atoms with Gasteiger partial charge in [-0.15, -0.1) is 11.3 Å². The molecule has 0 saturated heterocycles. The van der Waals surface area contributed by atoms with E-state index in [9.17, 15) is 9.18 Å². The number of ether oxygens (including phenoxy) is 3. The lowest BCUT2D eigenvalue weighted by molar-refractivity contribution is -0.118. The van der Waals surface area contributed by atoms with Gasteiger partial charge in [-0.2, -0.15) is 0 Å². The highest BCUT2D eigenvalue weighted by atomic mass is 32.1. The van der Waals surface area contributed by atoms with Gasteiger partial charge in [0.2, 0.25) is 0 Å². The molecule has 3 aromatic rings. The number of methoxy groups -OCH3 is 2. The first-order valence-electron chi connectivity index (χ1n) is 7.96. The Balaban J connectivity index is 1.66. The van der Waals surface area contributed by atoms with Crippen molar-refractivity contribution in [2.45, 2.75) is 0 Å². The molecular formula is C19H17FN2O4S. The Bertz CT molecular complexity index is 945. The van der Waals surface area contributed by atoms with Gasteiger partial charge in [0.05, 0.1) is 19.9 Å². The van der Waals surface area contributed by atoms with Crippen LogP contribution in [0.2, 0.25) is 0 Å². The summed E-state index contributed by atoms with van der Waals surface area (Å²) in [6.07, 6.45) is 0. The quantitative estimate of drug-likeness (QED) is 0.663. The fraction of sp³-hybridized carbons (Fsp3) is 0.158. The van der Waals surface area contributed by atoms with E-state index in [-0.39, 0.29) is 12.4 Å². The number of anilines is 1. The third kappa shape index (κ3) is 4.53. The van der Waals surface area contributed by atoms with Crippen molar-refractivity contribution in [2.75, 3.05) is 26.1 Å². The molecule has 0 unspecified atom stereocenters. The third-order valence-corrected chi connectivity index (χ3v) is 4.39. The van der Waals surface area contributed by atoms with Crippen LogP contribution in [0.3, 0.4) is 0 Å². The first-order chi connectivity index (χ1) is 13.1. The van der Waals surface area contributed by atoms with Crippen molar-refractivity contribution in [3.63, 3.8) is 0 Å². The number of amides is 1. The second-order valence-electron chi connectivity index (χ2n) is 5.37. The minimum absolute atomic E-state index is 0.0236. The molecule has 1 aromatic heterocycles. The highest BCUT2D eigenvalue weighted by Crippen LogP contribution is 2.34. The van der Waals surface area contributed by atoms with Crippen LogP contribution < -0.4 is 19.5 Å². The number of carbonyl (C=O) groups excluding carboxylic acids is 1. The number of halogens is 1. The van der Waals surface area contributed by atoms with E-state index in [1.165, 1.54) is 23.5 Å². The molecule has 27 heavy (non-hydrogen) atoms. The van der Waals surface area contributed by atoms with Gasteiger partial charge in [0.25, 0.3) is 5.91 Å². The van der Waals surface area contributed by atoms with Crippen LogP contribution in [0.25, 0.3) is 11.3 Å². The van der Waals surface area contributed by atoms with E-state index in [0.717, 1.165) is 5.56 Å². The lowest BCUT2D eigenvalue weighted by atomic mass is 10.1. The van der Waals surface area contributed by atoms with Crippen LogP contribution in [0.1, 0.15) is 0 Å². The smallest absolute Gasteiger partial charge is 0.264 e. The first-order valence-corrected chi connectivity index (χ1v) is 8.83. The van der Waals surface area contributed by atoms with Crippen molar-refractivity contribution in [1.29, 1.82) is 0 Å². The van der Waals surface area contributed by atoms with E-state index in [1.54, 1.807) is 43.9 Å². The van der Waals surface area contributed by atoms with Crippen LogP contribution in [0, 0.1) is 5.82 Å². The summed E-state index contributed by atoms with van der Waals surface area (Å²) in [7, 11) is 3.14. The number of nitrogens with zero attached hydrogens (tertiary/aromatic N) is 1. The van der Waals surface area contributed by atoms with Crippen molar-refractivity contribution in [3.8, 4) is 28.5 Å². The van der Waals surface area contributed by atoms with Crippen LogP contribution >= 0.6 is 11.3 Å². The van der Waals surface area contributed by atoms with Crippen LogP contribution in [-0.4, -0.2) is 31.7 Å². The number of rotatable bonds is 7. The molecule has 0 aliphatic heterocycles. The Morgan fingerprint density at radius 3 is 2.70 bits per heavy atom. The molecule has 1 amide bonds. The maximum absolute atomic E-state index is 13.5. The molecule has 0 radical (unpaired) electrons. The van der Waals surface area contributed by atoms with Gasteiger partial charge in [0.15, 0.2) is 23.3 Å². The van der Waals surface area contributed by atoms with Crippen molar-refractivity contribution >= 4 is 22.4 Å².